The van der Waals surface area contributed by atoms with E-state index in [-0.39, 0.29) is 17.7 Å². The van der Waals surface area contributed by atoms with Gasteiger partial charge in [0.25, 0.3) is 5.91 Å². The Balaban J connectivity index is 2.81. The van der Waals surface area contributed by atoms with Crippen molar-refractivity contribution in [1.29, 1.82) is 0 Å². The van der Waals surface area contributed by atoms with Gasteiger partial charge in [-0.05, 0) is 5.92 Å². The van der Waals surface area contributed by atoms with Crippen LogP contribution in [-0.2, 0) is 9.53 Å². The molecule has 7 nitrogen and oxygen atoms in total. The van der Waals surface area contributed by atoms with Crippen molar-refractivity contribution in [2.24, 2.45) is 5.92 Å². The predicted molar refractivity (Wildman–Crippen MR) is 73.2 cm³/mol. The fourth-order valence-corrected chi connectivity index (χ4v) is 1.64. The molecule has 0 aliphatic heterocycles. The average Bonchev–Trinajstić information content (AvgIpc) is 2.92. The number of nitrogens with zero attached hydrogens (tertiary/aromatic N) is 2. The molecule has 0 spiro atoms. The van der Waals surface area contributed by atoms with E-state index in [0.29, 0.717) is 5.82 Å². The van der Waals surface area contributed by atoms with E-state index in [9.17, 15) is 9.59 Å². The summed E-state index contributed by atoms with van der Waals surface area (Å²) in [5.41, 5.74) is 0. The number of aromatic amines is 1. The number of aromatic nitrogens is 3. The highest BCUT2D eigenvalue weighted by Crippen LogP contribution is 2.11. The molecule has 0 saturated carbocycles. The Morgan fingerprint density at radius 3 is 2.45 bits per heavy atom. The maximum absolute atomic E-state index is 12.1. The highest BCUT2D eigenvalue weighted by molar-refractivity contribution is 5.93. The van der Waals surface area contributed by atoms with Crippen LogP contribution >= 0.6 is 0 Å². The molecular weight excluding hydrogens is 260 g/mol. The largest absolute Gasteiger partial charge is 0.467 e. The van der Waals surface area contributed by atoms with E-state index in [4.69, 9.17) is 4.74 Å². The van der Waals surface area contributed by atoms with Gasteiger partial charge in [0.1, 0.15) is 11.9 Å². The highest BCUT2D eigenvalue weighted by Gasteiger charge is 2.28. The number of esters is 1. The molecule has 7 heteroatoms. The van der Waals surface area contributed by atoms with Crippen molar-refractivity contribution in [2.45, 2.75) is 46.1 Å². The zero-order valence-electron chi connectivity index (χ0n) is 12.6. The number of carbonyl (C=O) groups excluding carboxylic acids is 2. The summed E-state index contributed by atoms with van der Waals surface area (Å²) in [5, 5.41) is 9.20. The van der Waals surface area contributed by atoms with Crippen LogP contribution < -0.4 is 5.32 Å². The van der Waals surface area contributed by atoms with Crippen LogP contribution in [0.3, 0.4) is 0 Å². The first-order valence-corrected chi connectivity index (χ1v) is 6.71. The van der Waals surface area contributed by atoms with E-state index < -0.39 is 17.9 Å². The van der Waals surface area contributed by atoms with Gasteiger partial charge in [-0.25, -0.2) is 9.78 Å². The zero-order valence-corrected chi connectivity index (χ0v) is 12.6. The quantitative estimate of drug-likeness (QED) is 0.765. The maximum atomic E-state index is 12.1. The first kappa shape index (κ1) is 16.1. The second-order valence-corrected chi connectivity index (χ2v) is 5.06. The van der Waals surface area contributed by atoms with Crippen LogP contribution in [0.4, 0.5) is 0 Å². The van der Waals surface area contributed by atoms with E-state index in [1.54, 1.807) is 0 Å². The minimum Gasteiger partial charge on any atom is -0.467 e. The number of rotatable bonds is 6. The molecule has 0 fully saturated rings. The van der Waals surface area contributed by atoms with Crippen LogP contribution in [0, 0.1) is 5.92 Å². The summed E-state index contributed by atoms with van der Waals surface area (Å²) >= 11 is 0. The standard InChI is InChI=1S/C13H22N4O3/c1-6-8(4)9(13(19)20-5)14-12(18)11-15-10(7(2)3)16-17-11/h7-9H,6H2,1-5H3,(H,14,18)(H,15,16,17). The molecule has 1 aromatic heterocycles. The molecule has 1 aromatic rings. The molecule has 0 aliphatic carbocycles. The summed E-state index contributed by atoms with van der Waals surface area (Å²) in [5.74, 6) is -0.166. The molecule has 1 rings (SSSR count). The SMILES string of the molecule is CCC(C)C(NC(=O)c1n[nH]c(C(C)C)n1)C(=O)OC. The van der Waals surface area contributed by atoms with Crippen molar-refractivity contribution in [3.8, 4) is 0 Å². The van der Waals surface area contributed by atoms with Gasteiger partial charge in [-0.3, -0.25) is 9.89 Å². The van der Waals surface area contributed by atoms with Crippen LogP contribution in [-0.4, -0.2) is 40.2 Å². The van der Waals surface area contributed by atoms with Crippen molar-refractivity contribution in [2.75, 3.05) is 7.11 Å². The molecule has 0 saturated heterocycles. The lowest BCUT2D eigenvalue weighted by atomic mass is 9.99. The Bertz CT molecular complexity index is 470. The molecule has 112 valence electrons. The summed E-state index contributed by atoms with van der Waals surface area (Å²) in [4.78, 5) is 27.9. The molecule has 1 heterocycles. The fraction of sp³-hybridized carbons (Fsp3) is 0.692. The minimum absolute atomic E-state index is 0.0325. The van der Waals surface area contributed by atoms with Gasteiger partial charge in [0.15, 0.2) is 0 Å². The van der Waals surface area contributed by atoms with Crippen molar-refractivity contribution < 1.29 is 14.3 Å². The third kappa shape index (κ3) is 3.79. The Morgan fingerprint density at radius 2 is 2.00 bits per heavy atom. The van der Waals surface area contributed by atoms with Crippen molar-refractivity contribution in [3.05, 3.63) is 11.6 Å². The second kappa shape index (κ2) is 7.02. The number of H-pyrrole nitrogens is 1. The summed E-state index contributed by atoms with van der Waals surface area (Å²) < 4.78 is 4.71. The zero-order chi connectivity index (χ0) is 15.3. The number of nitrogens with one attached hydrogen (secondary N) is 2. The number of amides is 1. The molecule has 2 atom stereocenters. The van der Waals surface area contributed by atoms with E-state index in [1.165, 1.54) is 7.11 Å². The fourth-order valence-electron chi connectivity index (χ4n) is 1.64. The van der Waals surface area contributed by atoms with Crippen LogP contribution in [0.2, 0.25) is 0 Å². The minimum atomic E-state index is -0.696. The topological polar surface area (TPSA) is 97.0 Å². The third-order valence-corrected chi connectivity index (χ3v) is 3.21. The number of methoxy groups -OCH3 is 1. The van der Waals surface area contributed by atoms with Crippen LogP contribution in [0.1, 0.15) is 56.5 Å². The lowest BCUT2D eigenvalue weighted by Gasteiger charge is -2.20. The van der Waals surface area contributed by atoms with Gasteiger partial charge in [0.05, 0.1) is 7.11 Å². The van der Waals surface area contributed by atoms with Crippen LogP contribution in [0.25, 0.3) is 0 Å². The molecule has 0 radical (unpaired) electrons. The monoisotopic (exact) mass is 282 g/mol. The van der Waals surface area contributed by atoms with Gasteiger partial charge >= 0.3 is 5.97 Å². The summed E-state index contributed by atoms with van der Waals surface area (Å²) in [6, 6.07) is -0.696. The van der Waals surface area contributed by atoms with E-state index in [1.807, 2.05) is 27.7 Å². The van der Waals surface area contributed by atoms with Gasteiger partial charge in [-0.15, -0.1) is 5.10 Å². The first-order valence-electron chi connectivity index (χ1n) is 6.71. The molecule has 2 unspecified atom stereocenters. The summed E-state index contributed by atoms with van der Waals surface area (Å²) in [6.07, 6.45) is 0.741. The van der Waals surface area contributed by atoms with Crippen molar-refractivity contribution in [1.82, 2.24) is 20.5 Å². The Kier molecular flexibility index (Phi) is 5.66. The number of hydrogen-bond acceptors (Lipinski definition) is 5. The van der Waals surface area contributed by atoms with E-state index in [2.05, 4.69) is 20.5 Å². The number of ether oxygens (including phenoxy) is 1. The molecule has 0 bridgehead atoms. The lowest BCUT2D eigenvalue weighted by molar-refractivity contribution is -0.144. The van der Waals surface area contributed by atoms with Gasteiger partial charge < -0.3 is 10.1 Å². The Hall–Kier alpha value is -1.92. The molecule has 20 heavy (non-hydrogen) atoms. The van der Waals surface area contributed by atoms with Crippen LogP contribution in [0.15, 0.2) is 0 Å². The van der Waals surface area contributed by atoms with Gasteiger partial charge in [-0.1, -0.05) is 34.1 Å². The average molecular weight is 282 g/mol. The van der Waals surface area contributed by atoms with Gasteiger partial charge in [0, 0.05) is 5.92 Å². The maximum Gasteiger partial charge on any atom is 0.328 e. The second-order valence-electron chi connectivity index (χ2n) is 5.06. The summed E-state index contributed by atoms with van der Waals surface area (Å²) in [7, 11) is 1.30. The first-order chi connectivity index (χ1) is 9.40. The third-order valence-electron chi connectivity index (χ3n) is 3.21. The van der Waals surface area contributed by atoms with Crippen molar-refractivity contribution >= 4 is 11.9 Å². The predicted octanol–water partition coefficient (Wildman–Crippen LogP) is 1.25. The molecule has 0 aromatic carbocycles. The number of carbonyl (C=O) groups is 2. The van der Waals surface area contributed by atoms with Gasteiger partial charge in [0.2, 0.25) is 5.82 Å². The summed E-state index contributed by atoms with van der Waals surface area (Å²) in [6.45, 7) is 7.70. The molecule has 1 amide bonds. The number of hydrogen-bond donors (Lipinski definition) is 2. The molecule has 0 aliphatic rings. The van der Waals surface area contributed by atoms with Gasteiger partial charge in [-0.2, -0.15) is 0 Å². The smallest absolute Gasteiger partial charge is 0.328 e. The molecule has 2 N–H and O–H groups in total. The molecular formula is C13H22N4O3. The van der Waals surface area contributed by atoms with Crippen LogP contribution in [0.5, 0.6) is 0 Å². The Morgan fingerprint density at radius 1 is 1.35 bits per heavy atom. The van der Waals surface area contributed by atoms with E-state index >= 15 is 0 Å². The Labute approximate surface area is 118 Å². The normalized spacial score (nSPS) is 13.9. The van der Waals surface area contributed by atoms with E-state index in [0.717, 1.165) is 6.42 Å². The van der Waals surface area contributed by atoms with Crippen molar-refractivity contribution in [3.63, 3.8) is 0 Å². The highest BCUT2D eigenvalue weighted by atomic mass is 16.5. The lowest BCUT2D eigenvalue weighted by Crippen LogP contribution is -2.46.